The summed E-state index contributed by atoms with van der Waals surface area (Å²) in [6.07, 6.45) is 6.61. The molecule has 0 atom stereocenters. The monoisotopic (exact) mass is 382 g/mol. The van der Waals surface area contributed by atoms with Crippen LogP contribution in [0.4, 0.5) is 0 Å². The molecule has 0 unspecified atom stereocenters. The van der Waals surface area contributed by atoms with Crippen LogP contribution in [0.25, 0.3) is 0 Å². The normalized spacial score (nSPS) is 15.7. The molecule has 0 aromatic rings. The number of likely N-dealkylation sites (N-methyl/N-ethyl adjacent to an activating group) is 1. The summed E-state index contributed by atoms with van der Waals surface area (Å²) in [5, 5.41) is 6.75. The SMILES string of the molecule is CN=C(NCCN(C)CCOC)NC1CC=CC1.I. The fraction of sp³-hybridized carbons (Fsp3) is 0.769. The van der Waals surface area contributed by atoms with Crippen LogP contribution in [0.1, 0.15) is 12.8 Å². The Bertz CT molecular complexity index is 276. The first kappa shape index (κ1) is 18.7. The molecule has 1 aliphatic carbocycles. The van der Waals surface area contributed by atoms with Crippen LogP contribution in [0, 0.1) is 0 Å². The van der Waals surface area contributed by atoms with Gasteiger partial charge in [0, 0.05) is 39.8 Å². The fourth-order valence-electron chi connectivity index (χ4n) is 1.85. The second-order valence-electron chi connectivity index (χ2n) is 4.58. The van der Waals surface area contributed by atoms with E-state index in [2.05, 4.69) is 39.7 Å². The molecule has 0 aliphatic heterocycles. The highest BCUT2D eigenvalue weighted by Gasteiger charge is 2.11. The van der Waals surface area contributed by atoms with Crippen molar-refractivity contribution >= 4 is 29.9 Å². The lowest BCUT2D eigenvalue weighted by Gasteiger charge is -2.19. The molecule has 1 rings (SSSR count). The quantitative estimate of drug-likeness (QED) is 0.299. The largest absolute Gasteiger partial charge is 0.383 e. The Kier molecular flexibility index (Phi) is 11.3. The zero-order chi connectivity index (χ0) is 13.2. The van der Waals surface area contributed by atoms with Crippen LogP contribution in [0.2, 0.25) is 0 Å². The van der Waals surface area contributed by atoms with E-state index in [0.717, 1.165) is 45.0 Å². The maximum atomic E-state index is 5.04. The van der Waals surface area contributed by atoms with E-state index in [1.165, 1.54) is 0 Å². The number of guanidine groups is 1. The summed E-state index contributed by atoms with van der Waals surface area (Å²) in [4.78, 5) is 6.47. The summed E-state index contributed by atoms with van der Waals surface area (Å²) in [5.74, 6) is 0.892. The molecule has 112 valence electrons. The molecular weight excluding hydrogens is 355 g/mol. The fourth-order valence-corrected chi connectivity index (χ4v) is 1.85. The molecule has 0 fully saturated rings. The van der Waals surface area contributed by atoms with E-state index in [9.17, 15) is 0 Å². The van der Waals surface area contributed by atoms with E-state index in [4.69, 9.17) is 4.74 Å². The van der Waals surface area contributed by atoms with Crippen LogP contribution >= 0.6 is 24.0 Å². The molecule has 19 heavy (non-hydrogen) atoms. The van der Waals surface area contributed by atoms with Gasteiger partial charge in [-0.15, -0.1) is 24.0 Å². The van der Waals surface area contributed by atoms with Crippen LogP contribution in [0.5, 0.6) is 0 Å². The minimum atomic E-state index is 0. The lowest BCUT2D eigenvalue weighted by molar-refractivity contribution is 0.162. The van der Waals surface area contributed by atoms with Gasteiger partial charge in [-0.25, -0.2) is 0 Å². The average Bonchev–Trinajstić information content (AvgIpc) is 2.88. The number of methoxy groups -OCH3 is 1. The van der Waals surface area contributed by atoms with Gasteiger partial charge in [-0.1, -0.05) is 12.2 Å². The molecule has 0 amide bonds. The number of hydrogen-bond donors (Lipinski definition) is 2. The number of halogens is 1. The van der Waals surface area contributed by atoms with Crippen molar-refractivity contribution in [2.24, 2.45) is 4.99 Å². The first-order valence-corrected chi connectivity index (χ1v) is 6.56. The molecule has 6 heteroatoms. The lowest BCUT2D eigenvalue weighted by atomic mass is 10.2. The lowest BCUT2D eigenvalue weighted by Crippen LogP contribution is -2.44. The molecule has 0 saturated heterocycles. The third kappa shape index (κ3) is 8.43. The highest BCUT2D eigenvalue weighted by Crippen LogP contribution is 2.08. The van der Waals surface area contributed by atoms with Crippen LogP contribution in [-0.4, -0.2) is 64.3 Å². The summed E-state index contributed by atoms with van der Waals surface area (Å²) < 4.78 is 5.04. The number of rotatable bonds is 7. The second kappa shape index (κ2) is 11.5. The van der Waals surface area contributed by atoms with Gasteiger partial charge in [0.05, 0.1) is 6.61 Å². The number of nitrogens with zero attached hydrogens (tertiary/aromatic N) is 2. The summed E-state index contributed by atoms with van der Waals surface area (Å²) in [7, 11) is 5.64. The molecule has 0 heterocycles. The minimum absolute atomic E-state index is 0. The molecule has 1 aliphatic rings. The Labute approximate surface area is 133 Å². The van der Waals surface area contributed by atoms with Gasteiger partial charge in [-0.05, 0) is 19.9 Å². The third-order valence-corrected chi connectivity index (χ3v) is 3.04. The van der Waals surface area contributed by atoms with E-state index >= 15 is 0 Å². The van der Waals surface area contributed by atoms with Crippen LogP contribution in [0.3, 0.4) is 0 Å². The van der Waals surface area contributed by atoms with Gasteiger partial charge in [-0.2, -0.15) is 0 Å². The zero-order valence-corrected chi connectivity index (χ0v) is 14.5. The van der Waals surface area contributed by atoms with Crippen molar-refractivity contribution in [3.63, 3.8) is 0 Å². The minimum Gasteiger partial charge on any atom is -0.383 e. The Hall–Kier alpha value is -0.340. The Morgan fingerprint density at radius 2 is 2.05 bits per heavy atom. The highest BCUT2D eigenvalue weighted by molar-refractivity contribution is 14.0. The molecule has 0 spiro atoms. The standard InChI is InChI=1S/C13H26N4O.HI/c1-14-13(16-12-6-4-5-7-12)15-8-9-17(2)10-11-18-3;/h4-5,12H,6-11H2,1-3H3,(H2,14,15,16);1H. The zero-order valence-electron chi connectivity index (χ0n) is 12.2. The molecule has 5 nitrogen and oxygen atoms in total. The van der Waals surface area contributed by atoms with Crippen molar-refractivity contribution < 1.29 is 4.74 Å². The van der Waals surface area contributed by atoms with Gasteiger partial charge < -0.3 is 20.3 Å². The Morgan fingerprint density at radius 1 is 1.37 bits per heavy atom. The number of hydrogen-bond acceptors (Lipinski definition) is 3. The van der Waals surface area contributed by atoms with Gasteiger partial charge in [-0.3, -0.25) is 4.99 Å². The van der Waals surface area contributed by atoms with Crippen molar-refractivity contribution in [3.8, 4) is 0 Å². The average molecular weight is 382 g/mol. The Balaban J connectivity index is 0.00000324. The van der Waals surface area contributed by atoms with E-state index in [-0.39, 0.29) is 24.0 Å². The van der Waals surface area contributed by atoms with Gasteiger partial charge in [0.25, 0.3) is 0 Å². The van der Waals surface area contributed by atoms with E-state index in [1.807, 2.05) is 7.05 Å². The van der Waals surface area contributed by atoms with Crippen molar-refractivity contribution in [3.05, 3.63) is 12.2 Å². The molecule has 0 radical (unpaired) electrons. The van der Waals surface area contributed by atoms with Gasteiger partial charge >= 0.3 is 0 Å². The topological polar surface area (TPSA) is 48.9 Å². The second-order valence-corrected chi connectivity index (χ2v) is 4.58. The molecule has 0 saturated carbocycles. The van der Waals surface area contributed by atoms with Gasteiger partial charge in [0.1, 0.15) is 0 Å². The Morgan fingerprint density at radius 3 is 2.63 bits per heavy atom. The molecular formula is C13H27IN4O. The third-order valence-electron chi connectivity index (χ3n) is 3.04. The maximum Gasteiger partial charge on any atom is 0.191 e. The predicted molar refractivity (Wildman–Crippen MR) is 91.4 cm³/mol. The summed E-state index contributed by atoms with van der Waals surface area (Å²) >= 11 is 0. The first-order valence-electron chi connectivity index (χ1n) is 6.56. The molecule has 2 N–H and O–H groups in total. The number of ether oxygens (including phenoxy) is 1. The van der Waals surface area contributed by atoms with E-state index < -0.39 is 0 Å². The van der Waals surface area contributed by atoms with Crippen LogP contribution in [-0.2, 0) is 4.74 Å². The first-order chi connectivity index (χ1) is 8.76. The molecule has 0 aromatic heterocycles. The van der Waals surface area contributed by atoms with E-state index in [1.54, 1.807) is 7.11 Å². The number of nitrogens with one attached hydrogen (secondary N) is 2. The van der Waals surface area contributed by atoms with Gasteiger partial charge in [0.15, 0.2) is 5.96 Å². The highest BCUT2D eigenvalue weighted by atomic mass is 127. The molecule has 0 aromatic carbocycles. The summed E-state index contributed by atoms with van der Waals surface area (Å²) in [5.41, 5.74) is 0. The van der Waals surface area contributed by atoms with E-state index in [0.29, 0.717) is 6.04 Å². The van der Waals surface area contributed by atoms with Crippen molar-refractivity contribution in [1.29, 1.82) is 0 Å². The summed E-state index contributed by atoms with van der Waals surface area (Å²) in [6.45, 7) is 3.60. The molecule has 0 bridgehead atoms. The predicted octanol–water partition coefficient (Wildman–Crippen LogP) is 1.07. The van der Waals surface area contributed by atoms with Crippen LogP contribution in [0.15, 0.2) is 17.1 Å². The maximum absolute atomic E-state index is 5.04. The summed E-state index contributed by atoms with van der Waals surface area (Å²) in [6, 6.07) is 0.502. The number of aliphatic imine (C=N–C) groups is 1. The van der Waals surface area contributed by atoms with Crippen molar-refractivity contribution in [1.82, 2.24) is 15.5 Å². The van der Waals surface area contributed by atoms with Crippen molar-refractivity contribution in [2.45, 2.75) is 18.9 Å². The smallest absolute Gasteiger partial charge is 0.191 e. The van der Waals surface area contributed by atoms with Crippen molar-refractivity contribution in [2.75, 3.05) is 47.4 Å². The van der Waals surface area contributed by atoms with Crippen LogP contribution < -0.4 is 10.6 Å². The van der Waals surface area contributed by atoms with Gasteiger partial charge in [0.2, 0.25) is 0 Å².